The Balaban J connectivity index is 2.13. The first-order valence-corrected chi connectivity index (χ1v) is 6.94. The minimum atomic E-state index is 0.245. The minimum absolute atomic E-state index is 0.245. The molecule has 79 valence electrons. The molecule has 1 heteroatoms. The molecule has 0 aromatic carbocycles. The quantitative estimate of drug-likeness (QED) is 0.671. The molecule has 2 aliphatic carbocycles. The molecule has 0 fully saturated rings. The van der Waals surface area contributed by atoms with E-state index in [0.29, 0.717) is 0 Å². The van der Waals surface area contributed by atoms with Gasteiger partial charge in [-0.1, -0.05) is 0 Å². The molecule has 0 aromatic rings. The van der Waals surface area contributed by atoms with Gasteiger partial charge in [0.1, 0.15) is 0 Å². The first kappa shape index (κ1) is 11.0. The molecule has 0 unspecified atom stereocenters. The Morgan fingerprint density at radius 1 is 0.800 bits per heavy atom. The topological polar surface area (TPSA) is 0 Å². The van der Waals surface area contributed by atoms with Crippen LogP contribution in [-0.2, 0) is 16.3 Å². The molecule has 0 spiro atoms. The van der Waals surface area contributed by atoms with E-state index in [1.807, 2.05) is 0 Å². The molecule has 0 radical (unpaired) electrons. The van der Waals surface area contributed by atoms with E-state index in [2.05, 4.69) is 39.8 Å². The fourth-order valence-corrected chi connectivity index (χ4v) is 4.03. The van der Waals surface area contributed by atoms with E-state index < -0.39 is 0 Å². The Hall–Kier alpha value is -0.456. The van der Waals surface area contributed by atoms with Gasteiger partial charge in [-0.3, -0.25) is 0 Å². The van der Waals surface area contributed by atoms with Gasteiger partial charge in [0.15, 0.2) is 0 Å². The summed E-state index contributed by atoms with van der Waals surface area (Å²) in [6.07, 6.45) is 7.25. The van der Waals surface area contributed by atoms with Crippen LogP contribution in [0, 0.1) is 0 Å². The predicted octanol–water partition coefficient (Wildman–Crippen LogP) is 4.32. The molecule has 2 rings (SSSR count). The molecule has 0 N–H and O–H groups in total. The van der Waals surface area contributed by atoms with Gasteiger partial charge in [-0.05, 0) is 0 Å². The molecule has 0 bridgehead atoms. The average Bonchev–Trinajstić information content (AvgIpc) is 2.68. The van der Waals surface area contributed by atoms with Crippen LogP contribution in [0.4, 0.5) is 0 Å². The van der Waals surface area contributed by atoms with Gasteiger partial charge in [0, 0.05) is 0 Å². The van der Waals surface area contributed by atoms with Gasteiger partial charge in [-0.2, -0.15) is 0 Å². The molecule has 0 nitrogen and oxygen atoms in total. The number of hydrogen-bond donors (Lipinski definition) is 0. The molecule has 15 heavy (non-hydrogen) atoms. The van der Waals surface area contributed by atoms with Crippen molar-refractivity contribution in [3.8, 4) is 0 Å². The Morgan fingerprint density at radius 2 is 1.20 bits per heavy atom. The second-order valence-corrected chi connectivity index (χ2v) is 6.36. The average molecular weight is 237 g/mol. The molecule has 0 saturated carbocycles. The van der Waals surface area contributed by atoms with Crippen molar-refractivity contribution in [3.63, 3.8) is 0 Å². The molecule has 0 aliphatic heterocycles. The predicted molar refractivity (Wildman–Crippen MR) is 62.1 cm³/mol. The van der Waals surface area contributed by atoms with Crippen LogP contribution in [0.5, 0.6) is 0 Å². The van der Waals surface area contributed by atoms with Gasteiger partial charge >= 0.3 is 99.8 Å². The second-order valence-electron chi connectivity index (χ2n) is 4.51. The first-order chi connectivity index (χ1) is 7.09. The van der Waals surface area contributed by atoms with Crippen LogP contribution in [0.25, 0.3) is 0 Å². The van der Waals surface area contributed by atoms with Crippen LogP contribution in [0.3, 0.4) is 0 Å². The maximum absolute atomic E-state index is 2.44. The van der Waals surface area contributed by atoms with E-state index in [0.717, 1.165) is 0 Å². The Morgan fingerprint density at radius 3 is 1.47 bits per heavy atom. The summed E-state index contributed by atoms with van der Waals surface area (Å²) in [5.74, 6) is 0. The molecular formula is C14H18V. The molecule has 0 aromatic heterocycles. The first-order valence-electron chi connectivity index (χ1n) is 5.55. The van der Waals surface area contributed by atoms with Gasteiger partial charge in [0.25, 0.3) is 0 Å². The van der Waals surface area contributed by atoms with E-state index in [1.165, 1.54) is 12.8 Å². The Bertz CT molecular complexity index is 377. The molecule has 0 heterocycles. The van der Waals surface area contributed by atoms with Gasteiger partial charge in [0.05, 0.1) is 0 Å². The van der Waals surface area contributed by atoms with Gasteiger partial charge in [-0.25, -0.2) is 0 Å². The fourth-order valence-electron chi connectivity index (χ4n) is 1.94. The molecule has 0 atom stereocenters. The zero-order chi connectivity index (χ0) is 11.0. The number of hydrogen-bond acceptors (Lipinski definition) is 0. The van der Waals surface area contributed by atoms with Gasteiger partial charge < -0.3 is 0 Å². The van der Waals surface area contributed by atoms with Crippen LogP contribution >= 0.6 is 0 Å². The Kier molecular flexibility index (Phi) is 3.09. The van der Waals surface area contributed by atoms with Gasteiger partial charge in [-0.15, -0.1) is 0 Å². The molecule has 0 amide bonds. The summed E-state index contributed by atoms with van der Waals surface area (Å²) in [5.41, 5.74) is 6.26. The van der Waals surface area contributed by atoms with Crippen LogP contribution in [-0.4, -0.2) is 0 Å². The van der Waals surface area contributed by atoms with Crippen molar-refractivity contribution in [2.75, 3.05) is 0 Å². The van der Waals surface area contributed by atoms with Crippen LogP contribution in [0.1, 0.15) is 40.5 Å². The summed E-state index contributed by atoms with van der Waals surface area (Å²) in [6, 6.07) is 0. The third kappa shape index (κ3) is 2.07. The van der Waals surface area contributed by atoms with E-state index >= 15 is 0 Å². The summed E-state index contributed by atoms with van der Waals surface area (Å²) >= 11 is 0.245. The molecule has 2 aliphatic rings. The van der Waals surface area contributed by atoms with Crippen LogP contribution in [0.2, 0.25) is 0 Å². The standard InChI is InChI=1S/2C7H9.V/c2*1-6-4-3-5-7(6)2;/h2*3H,4H2,1-2H3;. The maximum atomic E-state index is 2.44. The summed E-state index contributed by atoms with van der Waals surface area (Å²) in [7, 11) is 0. The Labute approximate surface area is 99.9 Å². The van der Waals surface area contributed by atoms with E-state index in [9.17, 15) is 0 Å². The van der Waals surface area contributed by atoms with Crippen molar-refractivity contribution in [3.05, 3.63) is 43.0 Å². The van der Waals surface area contributed by atoms with Crippen molar-refractivity contribution < 1.29 is 16.3 Å². The van der Waals surface area contributed by atoms with Gasteiger partial charge in [0.2, 0.25) is 0 Å². The van der Waals surface area contributed by atoms with Crippen molar-refractivity contribution in [2.24, 2.45) is 0 Å². The van der Waals surface area contributed by atoms with E-state index in [-0.39, 0.29) is 16.3 Å². The zero-order valence-electron chi connectivity index (χ0n) is 10.0. The summed E-state index contributed by atoms with van der Waals surface area (Å²) < 4.78 is 3.29. The monoisotopic (exact) mass is 237 g/mol. The summed E-state index contributed by atoms with van der Waals surface area (Å²) in [4.78, 5) is 0. The molecule has 0 saturated heterocycles. The van der Waals surface area contributed by atoms with E-state index in [1.54, 1.807) is 30.9 Å². The second kappa shape index (κ2) is 4.19. The fraction of sp³-hybridized carbons (Fsp3) is 0.429. The molecular weight excluding hydrogens is 219 g/mol. The van der Waals surface area contributed by atoms with Crippen LogP contribution < -0.4 is 0 Å². The summed E-state index contributed by atoms with van der Waals surface area (Å²) in [6.45, 7) is 9.09. The summed E-state index contributed by atoms with van der Waals surface area (Å²) in [5, 5.41) is 0. The van der Waals surface area contributed by atoms with E-state index in [4.69, 9.17) is 0 Å². The zero-order valence-corrected chi connectivity index (χ0v) is 11.4. The van der Waals surface area contributed by atoms with Crippen molar-refractivity contribution in [1.29, 1.82) is 0 Å². The third-order valence-electron chi connectivity index (χ3n) is 3.49. The number of rotatable bonds is 2. The van der Waals surface area contributed by atoms with Crippen molar-refractivity contribution in [2.45, 2.75) is 40.5 Å². The van der Waals surface area contributed by atoms with Crippen molar-refractivity contribution in [1.82, 2.24) is 0 Å². The third-order valence-corrected chi connectivity index (χ3v) is 5.86. The SMILES string of the molecule is CC1=C(C)[C]([V][C]2=CCC(C)=C2C)=CC1. The normalized spacial score (nSPS) is 21.1. The number of allylic oxidation sites excluding steroid dienone is 8. The van der Waals surface area contributed by atoms with Crippen molar-refractivity contribution >= 4 is 0 Å². The van der Waals surface area contributed by atoms with Crippen LogP contribution in [0.15, 0.2) is 43.0 Å².